The summed E-state index contributed by atoms with van der Waals surface area (Å²) in [6.07, 6.45) is 5.66. The third kappa shape index (κ3) is 3.77. The molecule has 2 heterocycles. The molecule has 0 aromatic carbocycles. The van der Waals surface area contributed by atoms with Crippen LogP contribution >= 0.6 is 0 Å². The summed E-state index contributed by atoms with van der Waals surface area (Å²) in [5.74, 6) is 0. The van der Waals surface area contributed by atoms with Crippen LogP contribution in [0.25, 0.3) is 0 Å². The molecule has 3 nitrogen and oxygen atoms in total. The molecular formula is C16H27N3. The molecule has 0 saturated carbocycles. The van der Waals surface area contributed by atoms with Crippen molar-refractivity contribution < 1.29 is 0 Å². The first-order valence-electron chi connectivity index (χ1n) is 7.40. The molecule has 2 N–H and O–H groups in total. The van der Waals surface area contributed by atoms with Crippen LogP contribution in [0.4, 0.5) is 0 Å². The topological polar surface area (TPSA) is 42.1 Å². The van der Waals surface area contributed by atoms with Crippen molar-refractivity contribution in [3.05, 3.63) is 30.1 Å². The van der Waals surface area contributed by atoms with E-state index in [-0.39, 0.29) is 12.1 Å². The molecule has 0 aliphatic carbocycles. The Morgan fingerprint density at radius 1 is 1.26 bits per heavy atom. The summed E-state index contributed by atoms with van der Waals surface area (Å²) in [5.41, 5.74) is 7.80. The van der Waals surface area contributed by atoms with E-state index in [0.717, 1.165) is 18.8 Å². The summed E-state index contributed by atoms with van der Waals surface area (Å²) in [6, 6.07) is 6.47. The lowest BCUT2D eigenvalue weighted by Crippen LogP contribution is -2.40. The van der Waals surface area contributed by atoms with Gasteiger partial charge in [0.25, 0.3) is 0 Å². The summed E-state index contributed by atoms with van der Waals surface area (Å²) in [7, 11) is 0. The van der Waals surface area contributed by atoms with E-state index in [1.54, 1.807) is 0 Å². The summed E-state index contributed by atoms with van der Waals surface area (Å²) < 4.78 is 0. The van der Waals surface area contributed by atoms with E-state index in [4.69, 9.17) is 5.73 Å². The van der Waals surface area contributed by atoms with Crippen LogP contribution in [-0.4, -0.2) is 29.0 Å². The fourth-order valence-corrected chi connectivity index (χ4v) is 3.06. The van der Waals surface area contributed by atoms with Gasteiger partial charge in [-0.15, -0.1) is 0 Å². The van der Waals surface area contributed by atoms with Gasteiger partial charge in [-0.3, -0.25) is 9.88 Å². The summed E-state index contributed by atoms with van der Waals surface area (Å²) in [4.78, 5) is 7.05. The van der Waals surface area contributed by atoms with Crippen LogP contribution < -0.4 is 5.73 Å². The Bertz CT molecular complexity index is 386. The smallest absolute Gasteiger partial charge is 0.0670 e. The van der Waals surface area contributed by atoms with Crippen LogP contribution in [0.5, 0.6) is 0 Å². The first kappa shape index (κ1) is 14.5. The monoisotopic (exact) mass is 261 g/mol. The second-order valence-electron chi connectivity index (χ2n) is 6.61. The molecule has 1 aromatic rings. The SMILES string of the molecule is CC(N)C(c1ccccn1)N1CCCC(C)(C)CC1. The summed E-state index contributed by atoms with van der Waals surface area (Å²) in [5, 5.41) is 0. The third-order valence-electron chi connectivity index (χ3n) is 4.26. The Morgan fingerprint density at radius 3 is 2.68 bits per heavy atom. The first-order valence-corrected chi connectivity index (χ1v) is 7.40. The van der Waals surface area contributed by atoms with E-state index in [0.29, 0.717) is 5.41 Å². The molecule has 2 unspecified atom stereocenters. The number of hydrogen-bond acceptors (Lipinski definition) is 3. The van der Waals surface area contributed by atoms with Crippen molar-refractivity contribution in [2.24, 2.45) is 11.1 Å². The van der Waals surface area contributed by atoms with E-state index >= 15 is 0 Å². The maximum atomic E-state index is 6.24. The molecule has 0 radical (unpaired) electrons. The lowest BCUT2D eigenvalue weighted by Gasteiger charge is -2.33. The standard InChI is InChI=1S/C16H27N3/c1-13(17)15(14-7-4-5-10-18-14)19-11-6-8-16(2,3)9-12-19/h4-5,7,10,13,15H,6,8-9,11-12,17H2,1-3H3. The Labute approximate surface area is 117 Å². The second-order valence-corrected chi connectivity index (χ2v) is 6.61. The molecule has 2 rings (SSSR count). The van der Waals surface area contributed by atoms with Crippen LogP contribution in [0.2, 0.25) is 0 Å². The number of rotatable bonds is 3. The number of nitrogens with two attached hydrogens (primary N) is 1. The number of pyridine rings is 1. The number of likely N-dealkylation sites (tertiary alicyclic amines) is 1. The van der Waals surface area contributed by atoms with Crippen molar-refractivity contribution in [1.82, 2.24) is 9.88 Å². The zero-order valence-electron chi connectivity index (χ0n) is 12.5. The molecule has 1 fully saturated rings. The van der Waals surface area contributed by atoms with Gasteiger partial charge >= 0.3 is 0 Å². The van der Waals surface area contributed by atoms with Crippen molar-refractivity contribution in [3.8, 4) is 0 Å². The molecule has 3 heteroatoms. The lowest BCUT2D eigenvalue weighted by molar-refractivity contribution is 0.172. The van der Waals surface area contributed by atoms with Gasteiger partial charge in [-0.25, -0.2) is 0 Å². The maximum absolute atomic E-state index is 6.24. The highest BCUT2D eigenvalue weighted by Crippen LogP contribution is 2.33. The highest BCUT2D eigenvalue weighted by atomic mass is 15.2. The Balaban J connectivity index is 2.16. The Morgan fingerprint density at radius 2 is 2.05 bits per heavy atom. The second kappa shape index (κ2) is 6.02. The van der Waals surface area contributed by atoms with Gasteiger partial charge in [-0.05, 0) is 56.8 Å². The zero-order valence-corrected chi connectivity index (χ0v) is 12.5. The minimum atomic E-state index is 0.108. The predicted octanol–water partition coefficient (Wildman–Crippen LogP) is 2.98. The third-order valence-corrected chi connectivity index (χ3v) is 4.26. The van der Waals surface area contributed by atoms with Gasteiger partial charge in [0.15, 0.2) is 0 Å². The fourth-order valence-electron chi connectivity index (χ4n) is 3.06. The largest absolute Gasteiger partial charge is 0.326 e. The first-order chi connectivity index (χ1) is 8.99. The molecule has 1 aliphatic rings. The van der Waals surface area contributed by atoms with Gasteiger partial charge in [0.2, 0.25) is 0 Å². The number of hydrogen-bond donors (Lipinski definition) is 1. The van der Waals surface area contributed by atoms with Crippen molar-refractivity contribution in [3.63, 3.8) is 0 Å². The minimum Gasteiger partial charge on any atom is -0.326 e. The maximum Gasteiger partial charge on any atom is 0.0670 e. The fraction of sp³-hybridized carbons (Fsp3) is 0.688. The quantitative estimate of drug-likeness (QED) is 0.909. The van der Waals surface area contributed by atoms with E-state index in [1.807, 2.05) is 12.3 Å². The minimum absolute atomic E-state index is 0.108. The molecule has 19 heavy (non-hydrogen) atoms. The van der Waals surface area contributed by atoms with Crippen LogP contribution in [0, 0.1) is 5.41 Å². The number of nitrogens with zero attached hydrogens (tertiary/aromatic N) is 2. The molecule has 1 aliphatic heterocycles. The highest BCUT2D eigenvalue weighted by Gasteiger charge is 2.30. The van der Waals surface area contributed by atoms with Crippen LogP contribution in [-0.2, 0) is 0 Å². The van der Waals surface area contributed by atoms with Crippen molar-refractivity contribution in [1.29, 1.82) is 0 Å². The van der Waals surface area contributed by atoms with Gasteiger partial charge in [0.1, 0.15) is 0 Å². The Hall–Kier alpha value is -0.930. The zero-order chi connectivity index (χ0) is 13.9. The molecule has 106 valence electrons. The Kier molecular flexibility index (Phi) is 4.58. The highest BCUT2D eigenvalue weighted by molar-refractivity contribution is 5.11. The normalized spacial score (nSPS) is 23.6. The van der Waals surface area contributed by atoms with Gasteiger partial charge in [0.05, 0.1) is 11.7 Å². The van der Waals surface area contributed by atoms with E-state index in [2.05, 4.69) is 42.8 Å². The van der Waals surface area contributed by atoms with Gasteiger partial charge in [0, 0.05) is 12.2 Å². The predicted molar refractivity (Wildman–Crippen MR) is 79.8 cm³/mol. The molecular weight excluding hydrogens is 234 g/mol. The van der Waals surface area contributed by atoms with E-state index in [9.17, 15) is 0 Å². The van der Waals surface area contributed by atoms with E-state index in [1.165, 1.54) is 19.3 Å². The molecule has 1 saturated heterocycles. The van der Waals surface area contributed by atoms with Crippen LogP contribution in [0.3, 0.4) is 0 Å². The molecule has 0 amide bonds. The summed E-state index contributed by atoms with van der Waals surface area (Å²) in [6.45, 7) is 9.09. The van der Waals surface area contributed by atoms with Gasteiger partial charge in [-0.1, -0.05) is 19.9 Å². The van der Waals surface area contributed by atoms with E-state index < -0.39 is 0 Å². The average Bonchev–Trinajstić information content (AvgIpc) is 2.52. The molecule has 0 bridgehead atoms. The average molecular weight is 261 g/mol. The lowest BCUT2D eigenvalue weighted by atomic mass is 9.85. The van der Waals surface area contributed by atoms with Crippen molar-refractivity contribution in [2.45, 2.75) is 52.1 Å². The molecule has 0 spiro atoms. The van der Waals surface area contributed by atoms with Crippen molar-refractivity contribution >= 4 is 0 Å². The van der Waals surface area contributed by atoms with Gasteiger partial charge < -0.3 is 5.73 Å². The molecule has 2 atom stereocenters. The number of aromatic nitrogens is 1. The van der Waals surface area contributed by atoms with Crippen molar-refractivity contribution in [2.75, 3.05) is 13.1 Å². The van der Waals surface area contributed by atoms with Crippen LogP contribution in [0.1, 0.15) is 51.8 Å². The van der Waals surface area contributed by atoms with Crippen LogP contribution in [0.15, 0.2) is 24.4 Å². The van der Waals surface area contributed by atoms with Gasteiger partial charge in [-0.2, -0.15) is 0 Å². The summed E-state index contributed by atoms with van der Waals surface area (Å²) >= 11 is 0. The molecule has 1 aromatic heterocycles.